The Bertz CT molecular complexity index is 1400. The van der Waals surface area contributed by atoms with Crippen molar-refractivity contribution in [3.05, 3.63) is 102 Å². The zero-order valence-corrected chi connectivity index (χ0v) is 23.8. The molecule has 0 saturated carbocycles. The molecule has 0 unspecified atom stereocenters. The van der Waals surface area contributed by atoms with Crippen molar-refractivity contribution in [3.8, 4) is 5.75 Å². The number of carbonyl (C=O) groups is 4. The molecule has 1 saturated heterocycles. The first-order chi connectivity index (χ1) is 20.6. The Hall–Kier alpha value is -4.74. The molecule has 0 aliphatic carbocycles. The number of nitrogens with one attached hydrogen (secondary N) is 2. The number of nitrogens with zero attached hydrogens (tertiary/aromatic N) is 1. The van der Waals surface area contributed by atoms with Crippen molar-refractivity contribution in [2.75, 3.05) is 6.54 Å². The van der Waals surface area contributed by atoms with Gasteiger partial charge in [0, 0.05) is 25.4 Å². The predicted molar refractivity (Wildman–Crippen MR) is 161 cm³/mol. The molecular weight excluding hydrogens is 548 g/mol. The average molecular weight is 587 g/mol. The van der Waals surface area contributed by atoms with Crippen LogP contribution < -0.4 is 27.8 Å². The number of likely N-dealkylation sites (tertiary alicyclic amines) is 1. The van der Waals surface area contributed by atoms with E-state index in [1.807, 2.05) is 60.7 Å². The Kier molecular flexibility index (Phi) is 10.5. The molecule has 0 aromatic heterocycles. The largest absolute Gasteiger partial charge is 0.508 e. The number of hydrogen-bond donors (Lipinski definition) is 6. The Balaban J connectivity index is 1.49. The summed E-state index contributed by atoms with van der Waals surface area (Å²) in [6, 6.07) is 20.2. The van der Waals surface area contributed by atoms with Crippen LogP contribution in [-0.4, -0.2) is 70.4 Å². The van der Waals surface area contributed by atoms with Crippen LogP contribution in [0.2, 0.25) is 0 Å². The normalized spacial score (nSPS) is 18.3. The first-order valence-corrected chi connectivity index (χ1v) is 14.2. The van der Waals surface area contributed by atoms with Gasteiger partial charge in [-0.1, -0.05) is 72.8 Å². The smallest absolute Gasteiger partial charge is 0.243 e. The van der Waals surface area contributed by atoms with Crippen molar-refractivity contribution in [2.45, 2.75) is 55.9 Å². The van der Waals surface area contributed by atoms with Gasteiger partial charge >= 0.3 is 0 Å². The van der Waals surface area contributed by atoms with Crippen LogP contribution in [0, 0.1) is 0 Å². The minimum atomic E-state index is -1.06. The highest BCUT2D eigenvalue weighted by molar-refractivity contribution is 5.95. The lowest BCUT2D eigenvalue weighted by atomic mass is 10.0. The molecule has 0 bridgehead atoms. The minimum Gasteiger partial charge on any atom is -0.508 e. The molecule has 1 heterocycles. The summed E-state index contributed by atoms with van der Waals surface area (Å²) in [6.45, 7) is 0.135. The van der Waals surface area contributed by atoms with Gasteiger partial charge in [-0.3, -0.25) is 19.2 Å². The third-order valence-corrected chi connectivity index (χ3v) is 7.49. The molecule has 1 aliphatic rings. The Morgan fingerprint density at radius 2 is 1.33 bits per heavy atom. The molecule has 4 rings (SSSR count). The van der Waals surface area contributed by atoms with E-state index in [9.17, 15) is 24.3 Å². The van der Waals surface area contributed by atoms with Gasteiger partial charge in [-0.05, 0) is 41.7 Å². The van der Waals surface area contributed by atoms with Crippen molar-refractivity contribution in [3.63, 3.8) is 0 Å². The molecular formula is C32H38N6O5. The predicted octanol–water partition coefficient (Wildman–Crippen LogP) is 0.131. The second-order valence-electron chi connectivity index (χ2n) is 10.9. The van der Waals surface area contributed by atoms with Crippen LogP contribution in [0.3, 0.4) is 0 Å². The number of primary amides is 1. The lowest BCUT2D eigenvalue weighted by Crippen LogP contribution is -2.58. The van der Waals surface area contributed by atoms with Crippen molar-refractivity contribution in [1.29, 1.82) is 0 Å². The van der Waals surface area contributed by atoms with E-state index in [2.05, 4.69) is 10.6 Å². The fraction of sp³-hybridized carbons (Fsp3) is 0.312. The maximum atomic E-state index is 13.6. The van der Waals surface area contributed by atoms with E-state index < -0.39 is 53.8 Å². The molecule has 43 heavy (non-hydrogen) atoms. The van der Waals surface area contributed by atoms with Gasteiger partial charge in [0.05, 0.1) is 6.04 Å². The summed E-state index contributed by atoms with van der Waals surface area (Å²) in [4.78, 5) is 54.2. The maximum absolute atomic E-state index is 13.6. The fourth-order valence-corrected chi connectivity index (χ4v) is 5.22. The molecule has 0 spiro atoms. The van der Waals surface area contributed by atoms with Crippen LogP contribution in [0.1, 0.15) is 23.1 Å². The number of benzene rings is 3. The van der Waals surface area contributed by atoms with Crippen LogP contribution in [-0.2, 0) is 38.4 Å². The van der Waals surface area contributed by atoms with Crippen molar-refractivity contribution in [2.24, 2.45) is 17.2 Å². The van der Waals surface area contributed by atoms with E-state index in [-0.39, 0.29) is 38.0 Å². The van der Waals surface area contributed by atoms with Gasteiger partial charge in [-0.2, -0.15) is 0 Å². The summed E-state index contributed by atoms with van der Waals surface area (Å²) in [7, 11) is 0. The summed E-state index contributed by atoms with van der Waals surface area (Å²) in [5.41, 5.74) is 20.4. The van der Waals surface area contributed by atoms with Crippen molar-refractivity contribution < 1.29 is 24.3 Å². The summed E-state index contributed by atoms with van der Waals surface area (Å²) in [5.74, 6) is -2.18. The van der Waals surface area contributed by atoms with Crippen LogP contribution in [0.5, 0.6) is 5.75 Å². The average Bonchev–Trinajstić information content (AvgIpc) is 3.39. The van der Waals surface area contributed by atoms with Gasteiger partial charge in [0.25, 0.3) is 0 Å². The van der Waals surface area contributed by atoms with Gasteiger partial charge in [-0.25, -0.2) is 0 Å². The highest BCUT2D eigenvalue weighted by Crippen LogP contribution is 2.20. The van der Waals surface area contributed by atoms with Gasteiger partial charge < -0.3 is 37.8 Å². The van der Waals surface area contributed by atoms with Crippen LogP contribution >= 0.6 is 0 Å². The molecule has 5 atom stereocenters. The monoisotopic (exact) mass is 586 g/mol. The quantitative estimate of drug-likeness (QED) is 0.174. The molecule has 3 aromatic carbocycles. The molecule has 4 amide bonds. The van der Waals surface area contributed by atoms with E-state index >= 15 is 0 Å². The topological polar surface area (TPSA) is 194 Å². The Morgan fingerprint density at radius 1 is 0.791 bits per heavy atom. The van der Waals surface area contributed by atoms with Gasteiger partial charge in [0.2, 0.25) is 23.6 Å². The number of phenolic OH excluding ortho intramolecular Hbond substituents is 1. The number of carbonyl (C=O) groups excluding carboxylic acids is 4. The third kappa shape index (κ3) is 8.63. The molecule has 1 fully saturated rings. The number of phenols is 1. The molecule has 9 N–H and O–H groups in total. The van der Waals surface area contributed by atoms with Gasteiger partial charge in [0.15, 0.2) is 0 Å². The summed E-state index contributed by atoms with van der Waals surface area (Å²) in [5, 5.41) is 15.0. The van der Waals surface area contributed by atoms with E-state index in [1.165, 1.54) is 17.0 Å². The molecule has 226 valence electrons. The zero-order chi connectivity index (χ0) is 30.9. The standard InChI is InChI=1S/C32H38N6O5/c33-23-18-28(38(19-23)32(43)25(34)15-22-11-13-24(39)14-12-22)31(42)37-27(17-21-9-5-2-6-10-21)30(41)36-26(29(35)40)16-20-7-3-1-4-8-20/h1-14,23,25-28,39H,15-19,33-34H2,(H2,35,40)(H,36,41)(H,37,42)/t23-,25-,26-,27-,28-/m0/s1. The van der Waals surface area contributed by atoms with Gasteiger partial charge in [-0.15, -0.1) is 0 Å². The molecule has 0 radical (unpaired) electrons. The SMILES string of the molecule is NC(=O)[C@H](Cc1ccccc1)NC(=O)[C@H](Cc1ccccc1)NC(=O)[C@@H]1C[C@H](N)CN1C(=O)[C@@H](N)Cc1ccc(O)cc1. The van der Waals surface area contributed by atoms with Crippen molar-refractivity contribution in [1.82, 2.24) is 15.5 Å². The second-order valence-corrected chi connectivity index (χ2v) is 10.9. The molecule has 3 aromatic rings. The molecule has 11 heteroatoms. The van der Waals surface area contributed by atoms with Crippen molar-refractivity contribution >= 4 is 23.6 Å². The lowest BCUT2D eigenvalue weighted by molar-refractivity contribution is -0.140. The zero-order valence-electron chi connectivity index (χ0n) is 23.8. The Labute approximate surface area is 250 Å². The van der Waals surface area contributed by atoms with Gasteiger partial charge in [0.1, 0.15) is 23.9 Å². The first-order valence-electron chi connectivity index (χ1n) is 14.2. The highest BCUT2D eigenvalue weighted by Gasteiger charge is 2.41. The van der Waals surface area contributed by atoms with Crippen LogP contribution in [0.15, 0.2) is 84.9 Å². The third-order valence-electron chi connectivity index (χ3n) is 7.49. The maximum Gasteiger partial charge on any atom is 0.243 e. The van der Waals surface area contributed by atoms with E-state index in [0.717, 1.165) is 16.7 Å². The Morgan fingerprint density at radius 3 is 1.88 bits per heavy atom. The molecule has 11 nitrogen and oxygen atoms in total. The van der Waals surface area contributed by atoms with E-state index in [0.29, 0.717) is 0 Å². The fourth-order valence-electron chi connectivity index (χ4n) is 5.22. The van der Waals surface area contributed by atoms with Crippen LogP contribution in [0.4, 0.5) is 0 Å². The number of aromatic hydroxyl groups is 1. The lowest BCUT2D eigenvalue weighted by Gasteiger charge is -2.29. The summed E-state index contributed by atoms with van der Waals surface area (Å²) < 4.78 is 0. The number of hydrogen-bond acceptors (Lipinski definition) is 7. The minimum absolute atomic E-state index is 0.0993. The summed E-state index contributed by atoms with van der Waals surface area (Å²) in [6.07, 6.45) is 0.726. The first kappa shape index (κ1) is 31.2. The molecule has 1 aliphatic heterocycles. The highest BCUT2D eigenvalue weighted by atomic mass is 16.3. The number of amides is 4. The number of nitrogens with two attached hydrogens (primary N) is 3. The van der Waals surface area contributed by atoms with E-state index in [4.69, 9.17) is 17.2 Å². The van der Waals surface area contributed by atoms with E-state index in [1.54, 1.807) is 12.1 Å². The summed E-state index contributed by atoms with van der Waals surface area (Å²) >= 11 is 0. The number of rotatable bonds is 12. The second kappa shape index (κ2) is 14.4. The van der Waals surface area contributed by atoms with Crippen LogP contribution in [0.25, 0.3) is 0 Å².